The molecule has 2 amide bonds. The Balaban J connectivity index is 1.49. The van der Waals surface area contributed by atoms with Gasteiger partial charge in [-0.2, -0.15) is 0 Å². The number of esters is 1. The minimum absolute atomic E-state index is 0.0499. The van der Waals surface area contributed by atoms with Crippen LogP contribution in [0.4, 0.5) is 10.5 Å². The van der Waals surface area contributed by atoms with Crippen molar-refractivity contribution in [2.24, 2.45) is 0 Å². The van der Waals surface area contributed by atoms with Crippen molar-refractivity contribution in [2.75, 3.05) is 25.1 Å². The SMILES string of the molecule is CCOC(=O)c1cc2cc(NC(=O)N(Cc3cccnc3)C[C@@H]3CCCO3)ccc2s1. The fraction of sp³-hybridized carbons (Fsp3) is 0.348. The first-order valence-electron chi connectivity index (χ1n) is 10.4. The number of nitrogens with zero attached hydrogens (tertiary/aromatic N) is 2. The van der Waals surface area contributed by atoms with Crippen LogP contribution in [-0.2, 0) is 16.0 Å². The number of nitrogens with one attached hydrogen (secondary N) is 1. The number of hydrogen-bond acceptors (Lipinski definition) is 6. The van der Waals surface area contributed by atoms with Gasteiger partial charge >= 0.3 is 12.0 Å². The molecule has 8 heteroatoms. The highest BCUT2D eigenvalue weighted by molar-refractivity contribution is 7.20. The summed E-state index contributed by atoms with van der Waals surface area (Å²) < 4.78 is 11.8. The molecule has 1 N–H and O–H groups in total. The molecule has 0 radical (unpaired) electrons. The van der Waals surface area contributed by atoms with Crippen LogP contribution in [0.2, 0.25) is 0 Å². The van der Waals surface area contributed by atoms with Gasteiger partial charge in [-0.1, -0.05) is 6.07 Å². The number of ether oxygens (including phenoxy) is 2. The number of rotatable bonds is 7. The number of amides is 2. The quantitative estimate of drug-likeness (QED) is 0.541. The van der Waals surface area contributed by atoms with Crippen LogP contribution in [0, 0.1) is 0 Å². The summed E-state index contributed by atoms with van der Waals surface area (Å²) in [6, 6.07) is 11.1. The Morgan fingerprint density at radius 1 is 1.32 bits per heavy atom. The number of anilines is 1. The van der Waals surface area contributed by atoms with Crippen molar-refractivity contribution in [3.8, 4) is 0 Å². The van der Waals surface area contributed by atoms with Gasteiger partial charge in [0.2, 0.25) is 0 Å². The van der Waals surface area contributed by atoms with Gasteiger partial charge in [0.15, 0.2) is 0 Å². The highest BCUT2D eigenvalue weighted by Crippen LogP contribution is 2.29. The molecule has 1 atom stereocenters. The second-order valence-corrected chi connectivity index (χ2v) is 8.47. The van der Waals surface area contributed by atoms with E-state index >= 15 is 0 Å². The van der Waals surface area contributed by atoms with Gasteiger partial charge in [-0.25, -0.2) is 9.59 Å². The zero-order chi connectivity index (χ0) is 21.6. The Kier molecular flexibility index (Phi) is 6.79. The Morgan fingerprint density at radius 3 is 2.97 bits per heavy atom. The fourth-order valence-electron chi connectivity index (χ4n) is 3.59. The van der Waals surface area contributed by atoms with E-state index in [1.807, 2.05) is 30.3 Å². The van der Waals surface area contributed by atoms with Crippen LogP contribution in [-0.4, -0.2) is 47.7 Å². The van der Waals surface area contributed by atoms with Gasteiger partial charge in [-0.05, 0) is 61.0 Å². The third-order valence-electron chi connectivity index (χ3n) is 5.08. The first kappa shape index (κ1) is 21.3. The fourth-order valence-corrected chi connectivity index (χ4v) is 4.53. The van der Waals surface area contributed by atoms with Gasteiger partial charge in [0, 0.05) is 42.5 Å². The van der Waals surface area contributed by atoms with Crippen LogP contribution >= 0.6 is 11.3 Å². The minimum Gasteiger partial charge on any atom is -0.462 e. The molecule has 4 rings (SSSR count). The number of aromatic nitrogens is 1. The van der Waals surface area contributed by atoms with Crippen LogP contribution in [0.3, 0.4) is 0 Å². The second-order valence-electron chi connectivity index (χ2n) is 7.39. The van der Waals surface area contributed by atoms with E-state index in [9.17, 15) is 9.59 Å². The largest absolute Gasteiger partial charge is 0.462 e. The molecule has 1 fully saturated rings. The molecule has 0 spiro atoms. The summed E-state index contributed by atoms with van der Waals surface area (Å²) >= 11 is 1.38. The number of carbonyl (C=O) groups excluding carboxylic acids is 2. The lowest BCUT2D eigenvalue weighted by atomic mass is 10.2. The molecule has 3 heterocycles. The van der Waals surface area contributed by atoms with Crippen molar-refractivity contribution in [1.29, 1.82) is 0 Å². The average molecular weight is 440 g/mol. The summed E-state index contributed by atoms with van der Waals surface area (Å²) in [4.78, 5) is 31.6. The van der Waals surface area contributed by atoms with Crippen molar-refractivity contribution in [2.45, 2.75) is 32.4 Å². The molecule has 1 saturated heterocycles. The summed E-state index contributed by atoms with van der Waals surface area (Å²) in [5.41, 5.74) is 1.64. The summed E-state index contributed by atoms with van der Waals surface area (Å²) in [6.07, 6.45) is 5.51. The lowest BCUT2D eigenvalue weighted by molar-refractivity contribution is 0.0532. The molecule has 3 aromatic rings. The monoisotopic (exact) mass is 439 g/mol. The Morgan fingerprint density at radius 2 is 2.23 bits per heavy atom. The third-order valence-corrected chi connectivity index (χ3v) is 6.17. The lowest BCUT2D eigenvalue weighted by Crippen LogP contribution is -2.39. The number of hydrogen-bond donors (Lipinski definition) is 1. The van der Waals surface area contributed by atoms with Crippen molar-refractivity contribution in [3.63, 3.8) is 0 Å². The van der Waals surface area contributed by atoms with Crippen LogP contribution in [0.5, 0.6) is 0 Å². The summed E-state index contributed by atoms with van der Waals surface area (Å²) in [5.74, 6) is -0.325. The number of thiophene rings is 1. The lowest BCUT2D eigenvalue weighted by Gasteiger charge is -2.26. The van der Waals surface area contributed by atoms with Crippen molar-refractivity contribution in [1.82, 2.24) is 9.88 Å². The van der Waals surface area contributed by atoms with Gasteiger partial charge < -0.3 is 19.7 Å². The van der Waals surface area contributed by atoms with Gasteiger partial charge in [-0.15, -0.1) is 11.3 Å². The smallest absolute Gasteiger partial charge is 0.348 e. The van der Waals surface area contributed by atoms with Gasteiger partial charge in [0.05, 0.1) is 12.7 Å². The molecular formula is C23H25N3O4S. The van der Waals surface area contributed by atoms with E-state index in [0.717, 1.165) is 35.1 Å². The second kappa shape index (κ2) is 9.89. The first-order chi connectivity index (χ1) is 15.1. The van der Waals surface area contributed by atoms with Crippen LogP contribution in [0.1, 0.15) is 35.0 Å². The predicted molar refractivity (Wildman–Crippen MR) is 120 cm³/mol. The van der Waals surface area contributed by atoms with Crippen LogP contribution in [0.25, 0.3) is 10.1 Å². The van der Waals surface area contributed by atoms with Crippen molar-refractivity contribution >= 4 is 39.1 Å². The van der Waals surface area contributed by atoms with Crippen molar-refractivity contribution in [3.05, 3.63) is 59.2 Å². The number of fused-ring (bicyclic) bond motifs is 1. The van der Waals surface area contributed by atoms with Gasteiger partial charge in [0.25, 0.3) is 0 Å². The molecular weight excluding hydrogens is 414 g/mol. The molecule has 1 aliphatic heterocycles. The summed E-state index contributed by atoms with van der Waals surface area (Å²) in [5, 5.41) is 3.88. The maximum absolute atomic E-state index is 13.1. The minimum atomic E-state index is -0.325. The van der Waals surface area contributed by atoms with Crippen molar-refractivity contribution < 1.29 is 19.1 Å². The van der Waals surface area contributed by atoms with E-state index in [1.54, 1.807) is 30.3 Å². The Labute approximate surface area is 185 Å². The molecule has 0 saturated carbocycles. The van der Waals surface area contributed by atoms with E-state index in [1.165, 1.54) is 11.3 Å². The maximum atomic E-state index is 13.1. The molecule has 1 aliphatic rings. The highest BCUT2D eigenvalue weighted by atomic mass is 32.1. The molecule has 0 bridgehead atoms. The van der Waals surface area contributed by atoms with E-state index in [-0.39, 0.29) is 18.1 Å². The molecule has 2 aromatic heterocycles. The number of pyridine rings is 1. The zero-order valence-electron chi connectivity index (χ0n) is 17.4. The van der Waals surface area contributed by atoms with Gasteiger partial charge in [0.1, 0.15) is 4.88 Å². The molecule has 162 valence electrons. The number of urea groups is 1. The Hall–Kier alpha value is -2.97. The zero-order valence-corrected chi connectivity index (χ0v) is 18.2. The van der Waals surface area contributed by atoms with Gasteiger partial charge in [-0.3, -0.25) is 4.98 Å². The number of benzene rings is 1. The first-order valence-corrected chi connectivity index (χ1v) is 11.2. The van der Waals surface area contributed by atoms with E-state index in [2.05, 4.69) is 10.3 Å². The van der Waals surface area contributed by atoms with E-state index in [0.29, 0.717) is 30.3 Å². The third kappa shape index (κ3) is 5.39. The van der Waals surface area contributed by atoms with Crippen LogP contribution < -0.4 is 5.32 Å². The topological polar surface area (TPSA) is 80.8 Å². The highest BCUT2D eigenvalue weighted by Gasteiger charge is 2.23. The molecule has 31 heavy (non-hydrogen) atoms. The number of carbonyl (C=O) groups is 2. The maximum Gasteiger partial charge on any atom is 0.348 e. The molecule has 1 aromatic carbocycles. The molecule has 0 unspecified atom stereocenters. The standard InChI is InChI=1S/C23H25N3O4S/c1-2-29-22(27)21-12-17-11-18(7-8-20(17)31-21)25-23(28)26(15-19-6-4-10-30-19)14-16-5-3-9-24-13-16/h3,5,7-9,11-13,19H,2,4,6,10,14-15H2,1H3,(H,25,28)/t19-/m0/s1. The predicted octanol–water partition coefficient (Wildman–Crippen LogP) is 4.69. The Bertz CT molecular complexity index is 1050. The molecule has 0 aliphatic carbocycles. The summed E-state index contributed by atoms with van der Waals surface area (Å²) in [7, 11) is 0. The summed E-state index contributed by atoms with van der Waals surface area (Å²) in [6.45, 7) is 3.84. The van der Waals surface area contributed by atoms with E-state index < -0.39 is 0 Å². The molecule has 7 nitrogen and oxygen atoms in total. The average Bonchev–Trinajstić information content (AvgIpc) is 3.43. The van der Waals surface area contributed by atoms with E-state index in [4.69, 9.17) is 9.47 Å². The van der Waals surface area contributed by atoms with Crippen LogP contribution in [0.15, 0.2) is 48.8 Å². The normalized spacial score (nSPS) is 15.7.